The maximum Gasteiger partial charge on any atom is 0.298 e. The molecule has 0 saturated carbocycles. The van der Waals surface area contributed by atoms with Gasteiger partial charge < -0.3 is 9.73 Å². The van der Waals surface area contributed by atoms with E-state index in [1.807, 2.05) is 12.3 Å². The molecule has 1 unspecified atom stereocenters. The average molecular weight is 304 g/mol. The van der Waals surface area contributed by atoms with E-state index in [1.165, 1.54) is 17.4 Å². The Labute approximate surface area is 123 Å². The number of aromatic nitrogens is 2. The van der Waals surface area contributed by atoms with Gasteiger partial charge in [0.1, 0.15) is 5.01 Å². The topological polar surface area (TPSA) is 94.1 Å². The molecule has 1 aromatic carbocycles. The van der Waals surface area contributed by atoms with Gasteiger partial charge in [-0.05, 0) is 12.5 Å². The Kier molecular flexibility index (Phi) is 3.53. The summed E-state index contributed by atoms with van der Waals surface area (Å²) in [5.74, 6) is 0. The Bertz CT molecular complexity index is 769. The summed E-state index contributed by atoms with van der Waals surface area (Å²) in [6, 6.07) is 4.88. The zero-order valence-corrected chi connectivity index (χ0v) is 12.0. The molecule has 7 nitrogen and oxygen atoms in total. The zero-order chi connectivity index (χ0) is 14.8. The van der Waals surface area contributed by atoms with Gasteiger partial charge in [-0.25, -0.2) is 4.98 Å². The number of non-ortho nitro benzene ring substituents is 1. The molecule has 2 aromatic heterocycles. The minimum Gasteiger partial charge on any atom is -0.423 e. The first-order chi connectivity index (χ1) is 10.2. The Morgan fingerprint density at radius 3 is 3.05 bits per heavy atom. The fourth-order valence-electron chi connectivity index (χ4n) is 2.04. The van der Waals surface area contributed by atoms with Crippen LogP contribution in [0.25, 0.3) is 11.1 Å². The summed E-state index contributed by atoms with van der Waals surface area (Å²) in [5.41, 5.74) is 0.575. The molecule has 1 atom stereocenters. The van der Waals surface area contributed by atoms with Crippen LogP contribution < -0.4 is 5.32 Å². The van der Waals surface area contributed by atoms with Gasteiger partial charge in [0, 0.05) is 17.6 Å². The van der Waals surface area contributed by atoms with E-state index < -0.39 is 4.92 Å². The van der Waals surface area contributed by atoms with Gasteiger partial charge in [0.15, 0.2) is 11.1 Å². The number of fused-ring (bicyclic) bond motifs is 1. The van der Waals surface area contributed by atoms with E-state index in [9.17, 15) is 10.1 Å². The number of hydrogen-bond acceptors (Lipinski definition) is 7. The Balaban J connectivity index is 1.94. The second-order valence-electron chi connectivity index (χ2n) is 4.38. The van der Waals surface area contributed by atoms with E-state index in [2.05, 4.69) is 15.3 Å². The lowest BCUT2D eigenvalue weighted by atomic mass is 10.2. The van der Waals surface area contributed by atoms with Crippen LogP contribution in [0.3, 0.4) is 0 Å². The molecule has 21 heavy (non-hydrogen) atoms. The fraction of sp³-hybridized carbons (Fsp3) is 0.231. The number of nitro benzene ring substituents is 1. The van der Waals surface area contributed by atoms with Gasteiger partial charge in [0.2, 0.25) is 0 Å². The highest BCUT2D eigenvalue weighted by molar-refractivity contribution is 7.09. The van der Waals surface area contributed by atoms with E-state index in [0.717, 1.165) is 11.4 Å². The van der Waals surface area contributed by atoms with Gasteiger partial charge in [-0.1, -0.05) is 13.0 Å². The molecular formula is C13H12N4O3S. The van der Waals surface area contributed by atoms with Crippen LogP contribution >= 0.6 is 11.3 Å². The number of oxazole rings is 1. The molecule has 2 heterocycles. The first kappa shape index (κ1) is 13.5. The van der Waals surface area contributed by atoms with Crippen molar-refractivity contribution >= 4 is 34.1 Å². The number of nitro groups is 1. The van der Waals surface area contributed by atoms with Crippen molar-refractivity contribution in [2.24, 2.45) is 0 Å². The predicted molar refractivity (Wildman–Crippen MR) is 79.4 cm³/mol. The lowest BCUT2D eigenvalue weighted by molar-refractivity contribution is -0.383. The second-order valence-corrected chi connectivity index (χ2v) is 5.30. The monoisotopic (exact) mass is 304 g/mol. The van der Waals surface area contributed by atoms with Crippen molar-refractivity contribution in [2.45, 2.75) is 19.4 Å². The van der Waals surface area contributed by atoms with Gasteiger partial charge in [-0.3, -0.25) is 10.1 Å². The quantitative estimate of drug-likeness (QED) is 0.569. The van der Waals surface area contributed by atoms with Crippen molar-refractivity contribution in [3.63, 3.8) is 0 Å². The standard InChI is InChI=1S/C13H12N4O3S/c1-2-8(12-14-6-7-21-12)15-13-16-11-9(17(18)19)4-3-5-10(11)20-13/h3-8H,2H2,1H3,(H,15,16). The molecule has 0 aliphatic heterocycles. The number of rotatable bonds is 5. The molecule has 3 rings (SSSR count). The molecule has 0 spiro atoms. The van der Waals surface area contributed by atoms with E-state index in [4.69, 9.17) is 4.42 Å². The van der Waals surface area contributed by atoms with Crippen molar-refractivity contribution in [3.05, 3.63) is 44.9 Å². The van der Waals surface area contributed by atoms with Crippen LogP contribution in [0, 0.1) is 10.1 Å². The highest BCUT2D eigenvalue weighted by Gasteiger charge is 2.20. The molecule has 0 aliphatic carbocycles. The van der Waals surface area contributed by atoms with Crippen LogP contribution in [0.5, 0.6) is 0 Å². The third kappa shape index (κ3) is 2.57. The van der Waals surface area contributed by atoms with Crippen LogP contribution in [0.4, 0.5) is 11.7 Å². The van der Waals surface area contributed by atoms with Gasteiger partial charge in [-0.2, -0.15) is 4.98 Å². The van der Waals surface area contributed by atoms with E-state index in [1.54, 1.807) is 18.3 Å². The molecule has 8 heteroatoms. The van der Waals surface area contributed by atoms with Gasteiger partial charge >= 0.3 is 0 Å². The highest BCUT2D eigenvalue weighted by Crippen LogP contribution is 2.30. The number of nitrogens with zero attached hydrogens (tertiary/aromatic N) is 3. The smallest absolute Gasteiger partial charge is 0.298 e. The zero-order valence-electron chi connectivity index (χ0n) is 11.1. The van der Waals surface area contributed by atoms with Crippen LogP contribution in [-0.4, -0.2) is 14.9 Å². The molecule has 108 valence electrons. The van der Waals surface area contributed by atoms with Crippen LogP contribution in [0.2, 0.25) is 0 Å². The lowest BCUT2D eigenvalue weighted by Gasteiger charge is -2.11. The normalized spacial score (nSPS) is 12.4. The molecule has 0 saturated heterocycles. The molecule has 3 aromatic rings. The van der Waals surface area contributed by atoms with Crippen LogP contribution in [-0.2, 0) is 0 Å². The summed E-state index contributed by atoms with van der Waals surface area (Å²) in [6.45, 7) is 2.02. The number of anilines is 1. The number of hydrogen-bond donors (Lipinski definition) is 1. The third-order valence-corrected chi connectivity index (χ3v) is 3.94. The largest absolute Gasteiger partial charge is 0.423 e. The van der Waals surface area contributed by atoms with Crippen molar-refractivity contribution in [3.8, 4) is 0 Å². The molecule has 1 N–H and O–H groups in total. The Morgan fingerprint density at radius 2 is 2.38 bits per heavy atom. The van der Waals surface area contributed by atoms with Gasteiger partial charge in [0.05, 0.1) is 11.0 Å². The number of benzene rings is 1. The van der Waals surface area contributed by atoms with Crippen molar-refractivity contribution in [1.82, 2.24) is 9.97 Å². The number of thiazole rings is 1. The van der Waals surface area contributed by atoms with Crippen molar-refractivity contribution in [2.75, 3.05) is 5.32 Å². The van der Waals surface area contributed by atoms with Gasteiger partial charge in [0.25, 0.3) is 11.7 Å². The average Bonchev–Trinajstić information content (AvgIpc) is 3.12. The molecular weight excluding hydrogens is 292 g/mol. The summed E-state index contributed by atoms with van der Waals surface area (Å²) in [6.07, 6.45) is 2.54. The van der Waals surface area contributed by atoms with E-state index in [-0.39, 0.29) is 23.3 Å². The SMILES string of the molecule is CCC(Nc1nc2c([N+](=O)[O-])cccc2o1)c1nccs1. The second kappa shape index (κ2) is 5.49. The Hall–Kier alpha value is -2.48. The molecule has 0 amide bonds. The van der Waals surface area contributed by atoms with E-state index in [0.29, 0.717) is 5.58 Å². The minimum atomic E-state index is -0.466. The van der Waals surface area contributed by atoms with E-state index >= 15 is 0 Å². The van der Waals surface area contributed by atoms with Crippen LogP contribution in [0.1, 0.15) is 24.4 Å². The third-order valence-electron chi connectivity index (χ3n) is 3.05. The summed E-state index contributed by atoms with van der Waals surface area (Å²) < 4.78 is 5.54. The van der Waals surface area contributed by atoms with Gasteiger partial charge in [-0.15, -0.1) is 11.3 Å². The summed E-state index contributed by atoms with van der Waals surface area (Å²) >= 11 is 1.54. The highest BCUT2D eigenvalue weighted by atomic mass is 32.1. The molecule has 0 bridgehead atoms. The maximum absolute atomic E-state index is 11.0. The summed E-state index contributed by atoms with van der Waals surface area (Å²) in [5, 5.41) is 16.9. The molecule has 0 aliphatic rings. The predicted octanol–water partition coefficient (Wildman–Crippen LogP) is 3.76. The lowest BCUT2D eigenvalue weighted by Crippen LogP contribution is -2.09. The maximum atomic E-state index is 11.0. The molecule has 0 radical (unpaired) electrons. The number of nitrogens with one attached hydrogen (secondary N) is 1. The number of para-hydroxylation sites is 1. The summed E-state index contributed by atoms with van der Waals surface area (Å²) in [4.78, 5) is 19.0. The molecule has 0 fully saturated rings. The summed E-state index contributed by atoms with van der Waals surface area (Å²) in [7, 11) is 0. The van der Waals surface area contributed by atoms with Crippen LogP contribution in [0.15, 0.2) is 34.2 Å². The minimum absolute atomic E-state index is 0.0304. The van der Waals surface area contributed by atoms with Crippen molar-refractivity contribution in [1.29, 1.82) is 0 Å². The Morgan fingerprint density at radius 1 is 1.52 bits per heavy atom. The first-order valence-electron chi connectivity index (χ1n) is 6.39. The fourth-order valence-corrected chi connectivity index (χ4v) is 2.81. The first-order valence-corrected chi connectivity index (χ1v) is 7.27. The van der Waals surface area contributed by atoms with Crippen molar-refractivity contribution < 1.29 is 9.34 Å².